The van der Waals surface area contributed by atoms with E-state index in [4.69, 9.17) is 0 Å². The summed E-state index contributed by atoms with van der Waals surface area (Å²) in [4.78, 5) is 36.6. The van der Waals surface area contributed by atoms with E-state index in [1.54, 1.807) is 22.5 Å². The molecule has 2 aromatic heterocycles. The zero-order valence-corrected chi connectivity index (χ0v) is 15.5. The van der Waals surface area contributed by atoms with Gasteiger partial charge in [-0.25, -0.2) is 4.98 Å². The van der Waals surface area contributed by atoms with Gasteiger partial charge in [0.1, 0.15) is 5.56 Å². The fourth-order valence-corrected chi connectivity index (χ4v) is 4.66. The number of thioether (sulfide) groups is 1. The molecule has 1 saturated carbocycles. The van der Waals surface area contributed by atoms with Crippen LogP contribution >= 0.6 is 11.8 Å². The van der Waals surface area contributed by atoms with Crippen LogP contribution in [0.3, 0.4) is 0 Å². The molecule has 1 amide bonds. The van der Waals surface area contributed by atoms with Gasteiger partial charge in [-0.3, -0.25) is 19.1 Å². The van der Waals surface area contributed by atoms with Crippen molar-refractivity contribution < 1.29 is 4.79 Å². The normalized spacial score (nSPS) is 17.1. The zero-order chi connectivity index (χ0) is 17.9. The molecule has 6 nitrogen and oxygen atoms in total. The van der Waals surface area contributed by atoms with Crippen LogP contribution in [0.2, 0.25) is 0 Å². The molecular weight excluding hydrogens is 348 g/mol. The summed E-state index contributed by atoms with van der Waals surface area (Å²) < 4.78 is 1.62. The van der Waals surface area contributed by atoms with Crippen LogP contribution in [-0.4, -0.2) is 37.1 Å². The number of aromatic nitrogens is 3. The van der Waals surface area contributed by atoms with Gasteiger partial charge in [0, 0.05) is 30.7 Å². The summed E-state index contributed by atoms with van der Waals surface area (Å²) in [5.74, 6) is 0.618. The first-order chi connectivity index (χ1) is 12.7. The van der Waals surface area contributed by atoms with E-state index in [0.717, 1.165) is 37.1 Å². The van der Waals surface area contributed by atoms with E-state index in [1.807, 2.05) is 23.1 Å². The molecule has 136 valence electrons. The molecule has 0 saturated heterocycles. The van der Waals surface area contributed by atoms with Crippen molar-refractivity contribution in [3.63, 3.8) is 0 Å². The van der Waals surface area contributed by atoms with Gasteiger partial charge in [-0.1, -0.05) is 37.1 Å². The van der Waals surface area contributed by atoms with Crippen molar-refractivity contribution in [2.75, 3.05) is 5.75 Å². The lowest BCUT2D eigenvalue weighted by atomic mass is 9.93. The van der Waals surface area contributed by atoms with Gasteiger partial charge in [0.15, 0.2) is 5.16 Å². The molecule has 1 aliphatic heterocycles. The molecule has 0 spiro atoms. The third kappa shape index (κ3) is 3.40. The highest BCUT2D eigenvalue weighted by atomic mass is 32.2. The third-order valence-corrected chi connectivity index (χ3v) is 6.09. The topological polar surface area (TPSA) is 68.1 Å². The summed E-state index contributed by atoms with van der Waals surface area (Å²) >= 11 is 1.56. The Morgan fingerprint density at radius 3 is 2.85 bits per heavy atom. The number of pyridine rings is 1. The summed E-state index contributed by atoms with van der Waals surface area (Å²) in [5.41, 5.74) is 0.806. The number of carbonyl (C=O) groups is 1. The van der Waals surface area contributed by atoms with E-state index in [-0.39, 0.29) is 23.1 Å². The second kappa shape index (κ2) is 7.61. The molecule has 0 bridgehead atoms. The summed E-state index contributed by atoms with van der Waals surface area (Å²) in [6.07, 6.45) is 8.61. The van der Waals surface area contributed by atoms with Crippen LogP contribution < -0.4 is 5.56 Å². The molecule has 7 heteroatoms. The number of rotatable bonds is 4. The van der Waals surface area contributed by atoms with Crippen molar-refractivity contribution in [2.45, 2.75) is 56.4 Å². The molecule has 2 aliphatic rings. The van der Waals surface area contributed by atoms with Gasteiger partial charge in [0.25, 0.3) is 11.5 Å². The molecule has 2 aromatic rings. The average Bonchev–Trinajstić information content (AvgIpc) is 3.17. The first-order valence-corrected chi connectivity index (χ1v) is 10.2. The van der Waals surface area contributed by atoms with Crippen molar-refractivity contribution in [1.29, 1.82) is 0 Å². The highest BCUT2D eigenvalue weighted by molar-refractivity contribution is 7.99. The Morgan fingerprint density at radius 2 is 2.08 bits per heavy atom. The summed E-state index contributed by atoms with van der Waals surface area (Å²) in [5, 5.41) is 0.709. The van der Waals surface area contributed by atoms with E-state index in [2.05, 4.69) is 9.97 Å². The highest BCUT2D eigenvalue weighted by Gasteiger charge is 2.30. The molecule has 3 heterocycles. The van der Waals surface area contributed by atoms with Crippen molar-refractivity contribution in [1.82, 2.24) is 19.4 Å². The van der Waals surface area contributed by atoms with Crippen LogP contribution in [0.5, 0.6) is 0 Å². The maximum absolute atomic E-state index is 13.3. The molecule has 0 N–H and O–H groups in total. The molecule has 1 fully saturated rings. The lowest BCUT2D eigenvalue weighted by Gasteiger charge is -2.34. The summed E-state index contributed by atoms with van der Waals surface area (Å²) in [6, 6.07) is 5.87. The molecule has 0 unspecified atom stereocenters. The number of hydrogen-bond donors (Lipinski definition) is 0. The smallest absolute Gasteiger partial charge is 0.267 e. The van der Waals surface area contributed by atoms with Crippen LogP contribution in [0.25, 0.3) is 0 Å². The fraction of sp³-hybridized carbons (Fsp3) is 0.474. The Balaban J connectivity index is 1.66. The van der Waals surface area contributed by atoms with Crippen molar-refractivity contribution in [3.8, 4) is 0 Å². The van der Waals surface area contributed by atoms with Gasteiger partial charge in [-0.15, -0.1) is 0 Å². The fourth-order valence-electron chi connectivity index (χ4n) is 3.74. The third-order valence-electron chi connectivity index (χ3n) is 5.12. The van der Waals surface area contributed by atoms with Crippen molar-refractivity contribution in [2.24, 2.45) is 0 Å². The van der Waals surface area contributed by atoms with Gasteiger partial charge >= 0.3 is 0 Å². The quantitative estimate of drug-likeness (QED) is 0.774. The maximum atomic E-state index is 13.3. The lowest BCUT2D eigenvalue weighted by molar-refractivity contribution is 0.0607. The molecule has 0 atom stereocenters. The van der Waals surface area contributed by atoms with Gasteiger partial charge in [-0.05, 0) is 25.0 Å². The number of fused-ring (bicyclic) bond motifs is 1. The van der Waals surface area contributed by atoms with Crippen LogP contribution in [0.1, 0.15) is 48.2 Å². The minimum Gasteiger partial charge on any atom is -0.330 e. The largest absolute Gasteiger partial charge is 0.330 e. The Kier molecular flexibility index (Phi) is 5.06. The van der Waals surface area contributed by atoms with E-state index < -0.39 is 0 Å². The van der Waals surface area contributed by atoms with E-state index in [0.29, 0.717) is 18.2 Å². The lowest BCUT2D eigenvalue weighted by Crippen LogP contribution is -2.43. The average molecular weight is 370 g/mol. The van der Waals surface area contributed by atoms with E-state index in [1.165, 1.54) is 12.6 Å². The van der Waals surface area contributed by atoms with Crippen LogP contribution in [0.15, 0.2) is 40.5 Å². The van der Waals surface area contributed by atoms with Gasteiger partial charge in [-0.2, -0.15) is 0 Å². The SMILES string of the molecule is O=C(c1cnc2n(c1=O)CCS2)N(Cc1ccccn1)C1CCCCC1. The Labute approximate surface area is 156 Å². The minimum atomic E-state index is -0.216. The number of amides is 1. The number of hydrogen-bond acceptors (Lipinski definition) is 5. The molecule has 26 heavy (non-hydrogen) atoms. The van der Waals surface area contributed by atoms with Gasteiger partial charge < -0.3 is 4.90 Å². The maximum Gasteiger partial charge on any atom is 0.267 e. The number of nitrogens with zero attached hydrogens (tertiary/aromatic N) is 4. The van der Waals surface area contributed by atoms with E-state index in [9.17, 15) is 9.59 Å². The summed E-state index contributed by atoms with van der Waals surface area (Å²) in [7, 11) is 0. The molecule has 4 rings (SSSR count). The molecule has 1 aliphatic carbocycles. The van der Waals surface area contributed by atoms with Gasteiger partial charge in [0.2, 0.25) is 0 Å². The van der Waals surface area contributed by atoms with Crippen molar-refractivity contribution in [3.05, 3.63) is 52.2 Å². The second-order valence-corrected chi connectivity index (χ2v) is 7.87. The van der Waals surface area contributed by atoms with Crippen LogP contribution in [0, 0.1) is 0 Å². The second-order valence-electron chi connectivity index (χ2n) is 6.81. The first kappa shape index (κ1) is 17.3. The molecular formula is C19H22N4O2S. The minimum absolute atomic E-state index is 0.158. The first-order valence-electron chi connectivity index (χ1n) is 9.17. The van der Waals surface area contributed by atoms with Crippen LogP contribution in [-0.2, 0) is 13.1 Å². The summed E-state index contributed by atoms with van der Waals surface area (Å²) in [6.45, 7) is 1.05. The standard InChI is InChI=1S/C19H22N4O2S/c24-17-16(12-21-19-22(17)10-11-26-19)18(25)23(15-7-2-1-3-8-15)13-14-6-4-5-9-20-14/h4-6,9,12,15H,1-3,7-8,10-11,13H2. The zero-order valence-electron chi connectivity index (χ0n) is 14.6. The van der Waals surface area contributed by atoms with Crippen molar-refractivity contribution >= 4 is 17.7 Å². The monoisotopic (exact) mass is 370 g/mol. The van der Waals surface area contributed by atoms with Crippen LogP contribution in [0.4, 0.5) is 0 Å². The predicted molar refractivity (Wildman–Crippen MR) is 100 cm³/mol. The Bertz CT molecular complexity index is 846. The Morgan fingerprint density at radius 1 is 1.23 bits per heavy atom. The Hall–Kier alpha value is -2.15. The van der Waals surface area contributed by atoms with Gasteiger partial charge in [0.05, 0.1) is 12.2 Å². The molecule has 0 radical (unpaired) electrons. The highest BCUT2D eigenvalue weighted by Crippen LogP contribution is 2.26. The molecule has 0 aromatic carbocycles. The number of carbonyl (C=O) groups excluding carboxylic acids is 1. The predicted octanol–water partition coefficient (Wildman–Crippen LogP) is 2.72. The van der Waals surface area contributed by atoms with E-state index >= 15 is 0 Å².